The minimum Gasteiger partial charge on any atom is -0.355 e. The van der Waals surface area contributed by atoms with Gasteiger partial charge in [0.25, 0.3) is 10.0 Å². The number of likely N-dealkylation sites (N-methyl/N-ethyl adjacent to an activating group) is 1. The van der Waals surface area contributed by atoms with E-state index in [0.717, 1.165) is 15.9 Å². The Hall–Kier alpha value is -3.14. The average Bonchev–Trinajstić information content (AvgIpc) is 2.87. The van der Waals surface area contributed by atoms with E-state index < -0.39 is 40.2 Å². The number of para-hydroxylation sites is 1. The fourth-order valence-corrected chi connectivity index (χ4v) is 5.63. The molecule has 1 N–H and O–H groups in total. The summed E-state index contributed by atoms with van der Waals surface area (Å²) in [6, 6.07) is 15.0. The molecular weight excluding hydrogens is 552 g/mol. The van der Waals surface area contributed by atoms with Crippen molar-refractivity contribution in [2.24, 2.45) is 0 Å². The maximum absolute atomic E-state index is 14.9. The van der Waals surface area contributed by atoms with E-state index in [0.29, 0.717) is 17.1 Å². The first-order valence-electron chi connectivity index (χ1n) is 11.8. The molecule has 0 saturated carbocycles. The van der Waals surface area contributed by atoms with Gasteiger partial charge in [0.2, 0.25) is 11.8 Å². The van der Waals surface area contributed by atoms with Crippen LogP contribution in [-0.2, 0) is 26.2 Å². The molecule has 0 aliphatic carbocycles. The van der Waals surface area contributed by atoms with Crippen molar-refractivity contribution in [1.82, 2.24) is 10.2 Å². The summed E-state index contributed by atoms with van der Waals surface area (Å²) in [4.78, 5) is 27.6. The summed E-state index contributed by atoms with van der Waals surface area (Å²) in [5.74, 6) is -1.99. The van der Waals surface area contributed by atoms with Crippen LogP contribution in [0.1, 0.15) is 25.0 Å². The van der Waals surface area contributed by atoms with Crippen molar-refractivity contribution in [2.45, 2.75) is 38.3 Å². The summed E-state index contributed by atoms with van der Waals surface area (Å²) in [7, 11) is -4.36. The zero-order valence-electron chi connectivity index (χ0n) is 21.1. The lowest BCUT2D eigenvalue weighted by molar-refractivity contribution is -0.139. The molecule has 0 aliphatic heterocycles. The summed E-state index contributed by atoms with van der Waals surface area (Å²) in [5, 5.41) is 3.33. The molecule has 202 valence electrons. The molecule has 0 saturated heterocycles. The first kappa shape index (κ1) is 29.4. The zero-order valence-corrected chi connectivity index (χ0v) is 23.4. The molecule has 0 radical (unpaired) electrons. The summed E-state index contributed by atoms with van der Waals surface area (Å²) in [5.41, 5.74) is 1.04. The summed E-state index contributed by atoms with van der Waals surface area (Å²) in [6.07, 6.45) is 0. The number of amides is 2. The van der Waals surface area contributed by atoms with Gasteiger partial charge in [-0.25, -0.2) is 12.8 Å². The number of halogens is 3. The van der Waals surface area contributed by atoms with Gasteiger partial charge in [0.05, 0.1) is 10.6 Å². The van der Waals surface area contributed by atoms with Crippen LogP contribution >= 0.6 is 23.2 Å². The SMILES string of the molecule is CCNC(=O)[C@H](C)N(Cc1ccc(Cl)cc1Cl)C(=O)CN(c1ccccc1F)S(=O)(=O)c1ccc(C)cc1. The minimum absolute atomic E-state index is 0.108. The maximum Gasteiger partial charge on any atom is 0.264 e. The number of nitrogens with one attached hydrogen (secondary N) is 1. The van der Waals surface area contributed by atoms with E-state index in [1.54, 1.807) is 38.1 Å². The topological polar surface area (TPSA) is 86.8 Å². The van der Waals surface area contributed by atoms with E-state index in [4.69, 9.17) is 23.2 Å². The van der Waals surface area contributed by atoms with E-state index in [2.05, 4.69) is 5.32 Å². The fraction of sp³-hybridized carbons (Fsp3) is 0.259. The van der Waals surface area contributed by atoms with Crippen LogP contribution in [0.25, 0.3) is 0 Å². The number of hydrogen-bond acceptors (Lipinski definition) is 4. The molecule has 11 heteroatoms. The Morgan fingerprint density at radius 1 is 1.03 bits per heavy atom. The number of hydrogen-bond donors (Lipinski definition) is 1. The van der Waals surface area contributed by atoms with Gasteiger partial charge in [-0.1, -0.05) is 59.1 Å². The third-order valence-electron chi connectivity index (χ3n) is 5.88. The molecular formula is C27H28Cl2FN3O4S. The first-order valence-corrected chi connectivity index (χ1v) is 14.0. The second-order valence-corrected chi connectivity index (χ2v) is 11.3. The van der Waals surface area contributed by atoms with E-state index in [9.17, 15) is 22.4 Å². The smallest absolute Gasteiger partial charge is 0.264 e. The standard InChI is InChI=1S/C27H28Cl2FN3O4S/c1-4-31-27(35)19(3)32(16-20-11-12-21(28)15-23(20)29)26(34)17-33(25-8-6-5-7-24(25)30)38(36,37)22-13-9-18(2)10-14-22/h5-15,19H,4,16-17H2,1-3H3,(H,31,35)/t19-/m0/s1. The number of aryl methyl sites for hydroxylation is 1. The van der Waals surface area contributed by atoms with Crippen LogP contribution in [-0.4, -0.2) is 44.3 Å². The van der Waals surface area contributed by atoms with Crippen LogP contribution in [0.3, 0.4) is 0 Å². The van der Waals surface area contributed by atoms with Gasteiger partial charge in [0, 0.05) is 23.1 Å². The van der Waals surface area contributed by atoms with Gasteiger partial charge in [0.1, 0.15) is 18.4 Å². The van der Waals surface area contributed by atoms with Crippen molar-refractivity contribution in [2.75, 3.05) is 17.4 Å². The molecule has 0 fully saturated rings. The minimum atomic E-state index is -4.36. The molecule has 3 rings (SSSR count). The third kappa shape index (κ3) is 6.83. The summed E-state index contributed by atoms with van der Waals surface area (Å²) >= 11 is 12.3. The zero-order chi connectivity index (χ0) is 28.0. The number of rotatable bonds is 10. The number of sulfonamides is 1. The molecule has 3 aromatic carbocycles. The molecule has 0 spiro atoms. The van der Waals surface area contributed by atoms with E-state index in [1.165, 1.54) is 48.2 Å². The lowest BCUT2D eigenvalue weighted by Crippen LogP contribution is -2.51. The van der Waals surface area contributed by atoms with Crippen LogP contribution in [0, 0.1) is 12.7 Å². The second-order valence-electron chi connectivity index (χ2n) is 8.60. The number of nitrogens with zero attached hydrogens (tertiary/aromatic N) is 2. The molecule has 0 bridgehead atoms. The number of carbonyl (C=O) groups excluding carboxylic acids is 2. The van der Waals surface area contributed by atoms with Gasteiger partial charge in [-0.2, -0.15) is 0 Å². The molecule has 0 aromatic heterocycles. The highest BCUT2D eigenvalue weighted by molar-refractivity contribution is 7.92. The normalized spacial score (nSPS) is 12.1. The lowest BCUT2D eigenvalue weighted by Gasteiger charge is -2.32. The van der Waals surface area contributed by atoms with Crippen molar-refractivity contribution in [3.63, 3.8) is 0 Å². The van der Waals surface area contributed by atoms with Crippen molar-refractivity contribution >= 4 is 50.7 Å². The van der Waals surface area contributed by atoms with E-state index in [1.807, 2.05) is 0 Å². The second kappa shape index (κ2) is 12.6. The molecule has 7 nitrogen and oxygen atoms in total. The largest absolute Gasteiger partial charge is 0.355 e. The van der Waals surface area contributed by atoms with Crippen molar-refractivity contribution in [3.8, 4) is 0 Å². The Labute approximate surface area is 232 Å². The van der Waals surface area contributed by atoms with E-state index >= 15 is 0 Å². The first-order chi connectivity index (χ1) is 17.9. The Bertz CT molecular complexity index is 1420. The monoisotopic (exact) mass is 579 g/mol. The molecule has 1 atom stereocenters. The van der Waals surface area contributed by atoms with Crippen LogP contribution in [0.2, 0.25) is 10.0 Å². The quantitative estimate of drug-likeness (QED) is 0.358. The van der Waals surface area contributed by atoms with Crippen molar-refractivity contribution in [1.29, 1.82) is 0 Å². The Kier molecular flexibility index (Phi) is 9.76. The van der Waals surface area contributed by atoms with E-state index in [-0.39, 0.29) is 22.2 Å². The number of benzene rings is 3. The molecule has 0 aliphatic rings. The highest BCUT2D eigenvalue weighted by Crippen LogP contribution is 2.28. The number of carbonyl (C=O) groups is 2. The highest BCUT2D eigenvalue weighted by atomic mass is 35.5. The van der Waals surface area contributed by atoms with Crippen molar-refractivity contribution < 1.29 is 22.4 Å². The third-order valence-corrected chi connectivity index (χ3v) is 8.24. The van der Waals surface area contributed by atoms with Crippen LogP contribution in [0.4, 0.5) is 10.1 Å². The van der Waals surface area contributed by atoms with Crippen LogP contribution in [0.5, 0.6) is 0 Å². The summed E-state index contributed by atoms with van der Waals surface area (Å²) < 4.78 is 43.0. The van der Waals surface area contributed by atoms with Gasteiger partial charge >= 0.3 is 0 Å². The molecule has 3 aromatic rings. The molecule has 0 unspecified atom stereocenters. The van der Waals surface area contributed by atoms with Crippen molar-refractivity contribution in [3.05, 3.63) is 93.7 Å². The summed E-state index contributed by atoms with van der Waals surface area (Å²) in [6.45, 7) is 4.53. The van der Waals surface area contributed by atoms with Gasteiger partial charge in [-0.15, -0.1) is 0 Å². The molecule has 0 heterocycles. The van der Waals surface area contributed by atoms with Crippen LogP contribution < -0.4 is 9.62 Å². The lowest BCUT2D eigenvalue weighted by atomic mass is 10.1. The molecule has 2 amide bonds. The maximum atomic E-state index is 14.9. The highest BCUT2D eigenvalue weighted by Gasteiger charge is 2.33. The fourth-order valence-electron chi connectivity index (χ4n) is 3.74. The van der Waals surface area contributed by atoms with Gasteiger partial charge in [-0.05, 0) is 62.7 Å². The number of anilines is 1. The van der Waals surface area contributed by atoms with Gasteiger partial charge < -0.3 is 10.2 Å². The predicted molar refractivity (Wildman–Crippen MR) is 147 cm³/mol. The molecule has 38 heavy (non-hydrogen) atoms. The average molecular weight is 581 g/mol. The van der Waals surface area contributed by atoms with Gasteiger partial charge in [-0.3, -0.25) is 13.9 Å². The Morgan fingerprint density at radius 3 is 2.29 bits per heavy atom. The Morgan fingerprint density at radius 2 is 1.68 bits per heavy atom. The Balaban J connectivity index is 2.06. The van der Waals surface area contributed by atoms with Gasteiger partial charge in [0.15, 0.2) is 0 Å². The predicted octanol–water partition coefficient (Wildman–Crippen LogP) is 5.19. The van der Waals surface area contributed by atoms with Crippen LogP contribution in [0.15, 0.2) is 71.6 Å².